The number of fused-ring (bicyclic) bond motifs is 1. The average molecular weight is 480 g/mol. The van der Waals surface area contributed by atoms with Crippen LogP contribution in [0.5, 0.6) is 0 Å². The van der Waals surface area contributed by atoms with Gasteiger partial charge in [0.25, 0.3) is 11.5 Å². The number of pyridine rings is 2. The summed E-state index contributed by atoms with van der Waals surface area (Å²) in [6, 6.07) is 19.3. The Morgan fingerprint density at radius 3 is 2.39 bits per heavy atom. The molecule has 0 aliphatic heterocycles. The number of rotatable bonds is 7. The minimum absolute atomic E-state index is 0.0334. The fourth-order valence-electron chi connectivity index (χ4n) is 4.45. The van der Waals surface area contributed by atoms with Gasteiger partial charge in [-0.25, -0.2) is 0 Å². The summed E-state index contributed by atoms with van der Waals surface area (Å²) in [6.45, 7) is 4.32. The van der Waals surface area contributed by atoms with Gasteiger partial charge in [0.15, 0.2) is 0 Å². The summed E-state index contributed by atoms with van der Waals surface area (Å²) < 4.78 is 1.62. The van der Waals surface area contributed by atoms with Gasteiger partial charge < -0.3 is 10.3 Å². The molecule has 0 unspecified atom stereocenters. The molecule has 0 atom stereocenters. The summed E-state index contributed by atoms with van der Waals surface area (Å²) in [5.41, 5.74) is 11.3. The number of H-pyrrole nitrogens is 1. The zero-order valence-corrected chi connectivity index (χ0v) is 20.0. The number of benzene rings is 2. The highest BCUT2D eigenvalue weighted by Gasteiger charge is 2.17. The lowest BCUT2D eigenvalue weighted by Crippen LogP contribution is -2.30. The minimum Gasteiger partial charge on any atom is -0.365 e. The molecule has 1 amide bonds. The van der Waals surface area contributed by atoms with Crippen molar-refractivity contribution in [2.24, 2.45) is 5.73 Å². The highest BCUT2D eigenvalue weighted by molar-refractivity contribution is 5.97. The summed E-state index contributed by atoms with van der Waals surface area (Å²) in [6.07, 6.45) is 1.42. The number of hydrogen-bond donors (Lipinski definition) is 2. The number of hydrogen-bond acceptors (Lipinski definition) is 6. The maximum atomic E-state index is 13.3. The minimum atomic E-state index is -0.745. The Bertz CT molecular complexity index is 1620. The van der Waals surface area contributed by atoms with Gasteiger partial charge in [-0.1, -0.05) is 62.4 Å². The van der Waals surface area contributed by atoms with Crippen molar-refractivity contribution in [2.75, 3.05) is 0 Å². The molecule has 0 aliphatic carbocycles. The van der Waals surface area contributed by atoms with E-state index in [1.807, 2.05) is 68.4 Å². The highest BCUT2D eigenvalue weighted by atomic mass is 16.2. The molecule has 3 N–H and O–H groups in total. The highest BCUT2D eigenvalue weighted by Crippen LogP contribution is 2.30. The molecule has 3 heterocycles. The van der Waals surface area contributed by atoms with E-state index in [1.54, 1.807) is 10.6 Å². The van der Waals surface area contributed by atoms with Gasteiger partial charge in [0.2, 0.25) is 5.82 Å². The third-order valence-electron chi connectivity index (χ3n) is 6.31. The van der Waals surface area contributed by atoms with Crippen molar-refractivity contribution >= 4 is 16.8 Å². The second-order valence-corrected chi connectivity index (χ2v) is 8.49. The van der Waals surface area contributed by atoms with Crippen molar-refractivity contribution in [2.45, 2.75) is 33.2 Å². The molecule has 0 bridgehead atoms. The van der Waals surface area contributed by atoms with E-state index in [1.165, 1.54) is 0 Å². The van der Waals surface area contributed by atoms with Crippen LogP contribution in [0, 0.1) is 0 Å². The van der Waals surface area contributed by atoms with Crippen molar-refractivity contribution in [3.63, 3.8) is 0 Å². The maximum Gasteiger partial charge on any atom is 0.264 e. The summed E-state index contributed by atoms with van der Waals surface area (Å²) >= 11 is 0. The largest absolute Gasteiger partial charge is 0.365 e. The van der Waals surface area contributed by atoms with Gasteiger partial charge in [-0.2, -0.15) is 5.21 Å². The van der Waals surface area contributed by atoms with E-state index in [9.17, 15) is 9.59 Å². The number of carbonyl (C=O) groups excluding carboxylic acids is 1. The van der Waals surface area contributed by atoms with Crippen LogP contribution in [0.1, 0.15) is 41.2 Å². The molecule has 0 fully saturated rings. The molecule has 0 spiro atoms. The number of primary amides is 1. The van der Waals surface area contributed by atoms with Crippen molar-refractivity contribution in [1.82, 2.24) is 30.2 Å². The van der Waals surface area contributed by atoms with Crippen molar-refractivity contribution in [3.05, 3.63) is 93.5 Å². The van der Waals surface area contributed by atoms with Gasteiger partial charge in [0, 0.05) is 22.3 Å². The number of carbonyl (C=O) groups is 1. The molecular formula is C27H25N7O2. The van der Waals surface area contributed by atoms with E-state index in [4.69, 9.17) is 10.7 Å². The van der Waals surface area contributed by atoms with E-state index in [2.05, 4.69) is 20.6 Å². The maximum absolute atomic E-state index is 13.3. The van der Waals surface area contributed by atoms with Crippen LogP contribution >= 0.6 is 0 Å². The van der Waals surface area contributed by atoms with Crippen molar-refractivity contribution in [3.8, 4) is 22.5 Å². The number of aromatic amines is 1. The Labute approximate surface area is 207 Å². The smallest absolute Gasteiger partial charge is 0.264 e. The van der Waals surface area contributed by atoms with Crippen LogP contribution in [0.25, 0.3) is 33.4 Å². The molecule has 2 aromatic carbocycles. The lowest BCUT2D eigenvalue weighted by Gasteiger charge is -2.16. The Morgan fingerprint density at radius 1 is 1.00 bits per heavy atom. The molecule has 36 heavy (non-hydrogen) atoms. The Hall–Kier alpha value is -4.66. The Kier molecular flexibility index (Phi) is 6.12. The molecule has 180 valence electrons. The molecule has 0 saturated carbocycles. The number of tetrazole rings is 1. The summed E-state index contributed by atoms with van der Waals surface area (Å²) in [4.78, 5) is 30.1. The van der Waals surface area contributed by atoms with Crippen LogP contribution in [0.3, 0.4) is 0 Å². The van der Waals surface area contributed by atoms with Crippen molar-refractivity contribution in [1.29, 1.82) is 0 Å². The lowest BCUT2D eigenvalue weighted by molar-refractivity contribution is 0.0998. The second-order valence-electron chi connectivity index (χ2n) is 8.49. The fourth-order valence-corrected chi connectivity index (χ4v) is 4.45. The van der Waals surface area contributed by atoms with Crippen LogP contribution in [-0.2, 0) is 19.4 Å². The SMILES string of the molecule is CCc1cc2c(cc(C(N)=O)c(=O)n2Cc2ccc(-c3ccccc3-c3nn[nH]n3)cc2)c(CC)n1. The number of nitrogens with two attached hydrogens (primary N) is 1. The molecule has 0 radical (unpaired) electrons. The van der Waals surface area contributed by atoms with Crippen molar-refractivity contribution < 1.29 is 4.79 Å². The van der Waals surface area contributed by atoms with Gasteiger partial charge in [-0.05, 0) is 46.9 Å². The van der Waals surface area contributed by atoms with Gasteiger partial charge in [0.05, 0.1) is 12.1 Å². The number of aryl methyl sites for hydroxylation is 2. The molecular weight excluding hydrogens is 454 g/mol. The van der Waals surface area contributed by atoms with Gasteiger partial charge in [-0.3, -0.25) is 14.6 Å². The van der Waals surface area contributed by atoms with Gasteiger partial charge >= 0.3 is 0 Å². The summed E-state index contributed by atoms with van der Waals surface area (Å²) in [5, 5.41) is 15.1. The fraction of sp³-hybridized carbons (Fsp3) is 0.185. The Balaban J connectivity index is 1.59. The number of aromatic nitrogens is 6. The van der Waals surface area contributed by atoms with E-state index in [0.717, 1.165) is 51.0 Å². The molecule has 9 nitrogen and oxygen atoms in total. The molecule has 3 aromatic heterocycles. The van der Waals surface area contributed by atoms with Gasteiger partial charge in [0.1, 0.15) is 5.56 Å². The van der Waals surface area contributed by atoms with Crippen LogP contribution in [-0.4, -0.2) is 36.1 Å². The van der Waals surface area contributed by atoms with Crippen LogP contribution in [0.4, 0.5) is 0 Å². The number of amides is 1. The summed E-state index contributed by atoms with van der Waals surface area (Å²) in [7, 11) is 0. The lowest BCUT2D eigenvalue weighted by atomic mass is 9.98. The third-order valence-corrected chi connectivity index (χ3v) is 6.31. The number of nitrogens with zero attached hydrogens (tertiary/aromatic N) is 5. The standard InChI is InChI=1S/C27H25N7O2/c1-3-18-13-24-21(23(4-2)29-18)14-22(25(28)35)27(36)34(24)15-16-9-11-17(12-10-16)19-7-5-6-8-20(19)26-30-32-33-31-26/h5-14H,3-4,15H2,1-2H3,(H2,28,35)(H,30,31,32,33). The first-order chi connectivity index (χ1) is 17.5. The third kappa shape index (κ3) is 4.15. The first-order valence-electron chi connectivity index (χ1n) is 11.8. The average Bonchev–Trinajstić information content (AvgIpc) is 3.44. The van der Waals surface area contributed by atoms with Crippen LogP contribution in [0.15, 0.2) is 65.5 Å². The van der Waals surface area contributed by atoms with Crippen LogP contribution < -0.4 is 11.3 Å². The van der Waals surface area contributed by atoms with Crippen LogP contribution in [0.2, 0.25) is 0 Å². The monoisotopic (exact) mass is 479 g/mol. The normalized spacial score (nSPS) is 11.2. The molecule has 0 saturated heterocycles. The van der Waals surface area contributed by atoms with E-state index in [0.29, 0.717) is 18.8 Å². The Morgan fingerprint density at radius 2 is 1.75 bits per heavy atom. The predicted molar refractivity (Wildman–Crippen MR) is 137 cm³/mol. The summed E-state index contributed by atoms with van der Waals surface area (Å²) in [5.74, 6) is -0.228. The molecule has 5 rings (SSSR count). The predicted octanol–water partition coefficient (Wildman–Crippen LogP) is 3.52. The number of nitrogens with one attached hydrogen (secondary N) is 1. The molecule has 5 aromatic rings. The van der Waals surface area contributed by atoms with E-state index >= 15 is 0 Å². The van der Waals surface area contributed by atoms with E-state index in [-0.39, 0.29) is 5.56 Å². The molecule has 0 aliphatic rings. The first-order valence-corrected chi connectivity index (χ1v) is 11.8. The first kappa shape index (κ1) is 23.1. The zero-order valence-electron chi connectivity index (χ0n) is 20.0. The quantitative estimate of drug-likeness (QED) is 0.367. The van der Waals surface area contributed by atoms with E-state index < -0.39 is 11.5 Å². The molecule has 9 heteroatoms. The second kappa shape index (κ2) is 9.53. The van der Waals surface area contributed by atoms with Gasteiger partial charge in [-0.15, -0.1) is 10.2 Å². The zero-order chi connectivity index (χ0) is 25.2. The topological polar surface area (TPSA) is 132 Å².